The molecule has 3 aromatic rings. The van der Waals surface area contributed by atoms with E-state index < -0.39 is 23.4 Å². The molecule has 4 N–H and O–H groups in total. The summed E-state index contributed by atoms with van der Waals surface area (Å²) in [5.41, 5.74) is 6.38. The first-order chi connectivity index (χ1) is 11.4. The van der Waals surface area contributed by atoms with Crippen molar-refractivity contribution in [1.29, 1.82) is 0 Å². The highest BCUT2D eigenvalue weighted by atomic mass is 32.1. The SMILES string of the molecule is NC(=O)c1cc(-c2csc(NC(=O)c3cc(F)cc(F)c3)n2)c[nH]1. The van der Waals surface area contributed by atoms with Crippen molar-refractivity contribution in [3.63, 3.8) is 0 Å². The molecule has 0 fully saturated rings. The van der Waals surface area contributed by atoms with Gasteiger partial charge >= 0.3 is 0 Å². The molecule has 2 heterocycles. The van der Waals surface area contributed by atoms with E-state index in [2.05, 4.69) is 15.3 Å². The summed E-state index contributed by atoms with van der Waals surface area (Å²) < 4.78 is 26.3. The highest BCUT2D eigenvalue weighted by Crippen LogP contribution is 2.26. The number of nitrogens with two attached hydrogens (primary N) is 1. The molecule has 0 aliphatic carbocycles. The highest BCUT2D eigenvalue weighted by molar-refractivity contribution is 7.14. The molecule has 0 atom stereocenters. The van der Waals surface area contributed by atoms with Crippen molar-refractivity contribution in [2.75, 3.05) is 5.32 Å². The van der Waals surface area contributed by atoms with Gasteiger partial charge in [0.1, 0.15) is 17.3 Å². The van der Waals surface area contributed by atoms with Crippen molar-refractivity contribution in [3.8, 4) is 11.3 Å². The van der Waals surface area contributed by atoms with Crippen LogP contribution in [0.1, 0.15) is 20.8 Å². The molecule has 3 rings (SSSR count). The lowest BCUT2D eigenvalue weighted by molar-refractivity contribution is 0.0994. The predicted molar refractivity (Wildman–Crippen MR) is 84.7 cm³/mol. The minimum absolute atomic E-state index is 0.151. The van der Waals surface area contributed by atoms with Crippen molar-refractivity contribution in [1.82, 2.24) is 9.97 Å². The number of anilines is 1. The predicted octanol–water partition coefficient (Wildman–Crippen LogP) is 2.77. The number of benzene rings is 1. The highest BCUT2D eigenvalue weighted by Gasteiger charge is 2.13. The van der Waals surface area contributed by atoms with Crippen LogP contribution in [0.4, 0.5) is 13.9 Å². The van der Waals surface area contributed by atoms with Crippen LogP contribution in [-0.2, 0) is 0 Å². The molecule has 0 unspecified atom stereocenters. The van der Waals surface area contributed by atoms with Crippen LogP contribution in [-0.4, -0.2) is 21.8 Å². The standard InChI is InChI=1S/C15H10F2N4O2S/c16-9-1-7(2-10(17)4-9)14(23)21-15-20-12(6-24-15)8-3-11(13(18)22)19-5-8/h1-6,19H,(H2,18,22)(H,20,21,23). The fraction of sp³-hybridized carbons (Fsp3) is 0. The van der Waals surface area contributed by atoms with Gasteiger partial charge in [-0.05, 0) is 18.2 Å². The Morgan fingerprint density at radius 3 is 2.50 bits per heavy atom. The lowest BCUT2D eigenvalue weighted by atomic mass is 10.2. The largest absolute Gasteiger partial charge is 0.364 e. The summed E-state index contributed by atoms with van der Waals surface area (Å²) in [5, 5.41) is 4.38. The molecule has 0 aliphatic heterocycles. The Labute approximate surface area is 138 Å². The molecule has 9 heteroatoms. The number of halogens is 2. The third-order valence-electron chi connectivity index (χ3n) is 3.09. The smallest absolute Gasteiger partial charge is 0.265 e. The quantitative estimate of drug-likeness (QED) is 0.676. The van der Waals surface area contributed by atoms with E-state index in [1.165, 1.54) is 6.07 Å². The van der Waals surface area contributed by atoms with Gasteiger partial charge in [0, 0.05) is 28.8 Å². The molecule has 0 saturated heterocycles. The average molecular weight is 348 g/mol. The number of rotatable bonds is 4. The summed E-state index contributed by atoms with van der Waals surface area (Å²) in [7, 11) is 0. The summed E-state index contributed by atoms with van der Waals surface area (Å²) in [5.74, 6) is -2.96. The van der Waals surface area contributed by atoms with Gasteiger partial charge in [-0.3, -0.25) is 14.9 Å². The van der Waals surface area contributed by atoms with Crippen LogP contribution in [0.25, 0.3) is 11.3 Å². The molecular weight excluding hydrogens is 338 g/mol. The molecular formula is C15H10F2N4O2S. The second-order valence-electron chi connectivity index (χ2n) is 4.82. The molecule has 122 valence electrons. The molecule has 0 bridgehead atoms. The monoisotopic (exact) mass is 348 g/mol. The summed E-state index contributed by atoms with van der Waals surface area (Å²) >= 11 is 1.13. The van der Waals surface area contributed by atoms with Gasteiger partial charge in [0.15, 0.2) is 5.13 Å². The Balaban J connectivity index is 1.78. The van der Waals surface area contributed by atoms with E-state index >= 15 is 0 Å². The van der Waals surface area contributed by atoms with E-state index in [-0.39, 0.29) is 16.4 Å². The summed E-state index contributed by atoms with van der Waals surface area (Å²) in [4.78, 5) is 30.0. The molecule has 24 heavy (non-hydrogen) atoms. The normalized spacial score (nSPS) is 10.6. The van der Waals surface area contributed by atoms with Gasteiger partial charge in [-0.15, -0.1) is 11.3 Å². The Kier molecular flexibility index (Phi) is 4.09. The maximum absolute atomic E-state index is 13.1. The van der Waals surface area contributed by atoms with Crippen LogP contribution in [0.15, 0.2) is 35.8 Å². The Morgan fingerprint density at radius 1 is 1.17 bits per heavy atom. The van der Waals surface area contributed by atoms with Crippen molar-refractivity contribution < 1.29 is 18.4 Å². The van der Waals surface area contributed by atoms with Gasteiger partial charge in [-0.1, -0.05) is 0 Å². The Morgan fingerprint density at radius 2 is 1.88 bits per heavy atom. The number of H-pyrrole nitrogens is 1. The number of carbonyl (C=O) groups excluding carboxylic acids is 2. The Bertz CT molecular complexity index is 915. The van der Waals surface area contributed by atoms with E-state index in [0.717, 1.165) is 23.5 Å². The molecule has 0 spiro atoms. The van der Waals surface area contributed by atoms with E-state index in [4.69, 9.17) is 5.73 Å². The van der Waals surface area contributed by atoms with E-state index in [9.17, 15) is 18.4 Å². The van der Waals surface area contributed by atoms with E-state index in [1.807, 2.05) is 0 Å². The molecule has 0 radical (unpaired) electrons. The summed E-state index contributed by atoms with van der Waals surface area (Å²) in [6.07, 6.45) is 1.56. The van der Waals surface area contributed by atoms with Crippen LogP contribution in [0.5, 0.6) is 0 Å². The minimum Gasteiger partial charge on any atom is -0.364 e. The molecule has 0 aliphatic rings. The molecule has 2 aromatic heterocycles. The molecule has 0 saturated carbocycles. The third kappa shape index (κ3) is 3.30. The number of thiazole rings is 1. The second-order valence-corrected chi connectivity index (χ2v) is 5.67. The van der Waals surface area contributed by atoms with Crippen LogP contribution < -0.4 is 11.1 Å². The van der Waals surface area contributed by atoms with E-state index in [0.29, 0.717) is 17.3 Å². The number of nitrogens with one attached hydrogen (secondary N) is 2. The van der Waals surface area contributed by atoms with Crippen LogP contribution in [0, 0.1) is 11.6 Å². The van der Waals surface area contributed by atoms with Gasteiger partial charge in [-0.25, -0.2) is 13.8 Å². The number of aromatic nitrogens is 2. The number of carbonyl (C=O) groups is 2. The van der Waals surface area contributed by atoms with Gasteiger partial charge < -0.3 is 10.7 Å². The first-order valence-electron chi connectivity index (χ1n) is 6.64. The molecule has 6 nitrogen and oxygen atoms in total. The lowest BCUT2D eigenvalue weighted by Crippen LogP contribution is -2.12. The number of amides is 2. The lowest BCUT2D eigenvalue weighted by Gasteiger charge is -2.02. The average Bonchev–Trinajstić information content (AvgIpc) is 3.14. The number of aromatic amines is 1. The van der Waals surface area contributed by atoms with Crippen molar-refractivity contribution in [2.45, 2.75) is 0 Å². The second kappa shape index (κ2) is 6.20. The minimum atomic E-state index is -0.841. The van der Waals surface area contributed by atoms with Gasteiger partial charge in [0.25, 0.3) is 11.8 Å². The van der Waals surface area contributed by atoms with Crippen LogP contribution in [0.3, 0.4) is 0 Å². The zero-order chi connectivity index (χ0) is 17.3. The first kappa shape index (κ1) is 15.8. The fourth-order valence-corrected chi connectivity index (χ4v) is 2.72. The third-order valence-corrected chi connectivity index (χ3v) is 3.85. The maximum Gasteiger partial charge on any atom is 0.265 e. The zero-order valence-corrected chi connectivity index (χ0v) is 12.8. The topological polar surface area (TPSA) is 101 Å². The number of primary amides is 1. The van der Waals surface area contributed by atoms with Gasteiger partial charge in [0.05, 0.1) is 5.69 Å². The number of nitrogens with zero attached hydrogens (tertiary/aromatic N) is 1. The molecule has 1 aromatic carbocycles. The van der Waals surface area contributed by atoms with Crippen molar-refractivity contribution >= 4 is 28.3 Å². The molecule has 2 amide bonds. The van der Waals surface area contributed by atoms with Crippen LogP contribution >= 0.6 is 11.3 Å². The summed E-state index contributed by atoms with van der Waals surface area (Å²) in [6.45, 7) is 0. The Hall–Kier alpha value is -3.07. The van der Waals surface area contributed by atoms with Crippen molar-refractivity contribution in [3.05, 3.63) is 58.7 Å². The maximum atomic E-state index is 13.1. The zero-order valence-electron chi connectivity index (χ0n) is 12.0. The number of hydrogen-bond donors (Lipinski definition) is 3. The summed E-state index contributed by atoms with van der Waals surface area (Å²) in [6, 6.07) is 4.07. The van der Waals surface area contributed by atoms with E-state index in [1.54, 1.807) is 11.6 Å². The van der Waals surface area contributed by atoms with Crippen molar-refractivity contribution in [2.24, 2.45) is 5.73 Å². The fourth-order valence-electron chi connectivity index (χ4n) is 2.00. The first-order valence-corrected chi connectivity index (χ1v) is 7.52. The van der Waals surface area contributed by atoms with Crippen LogP contribution in [0.2, 0.25) is 0 Å². The van der Waals surface area contributed by atoms with Gasteiger partial charge in [0.2, 0.25) is 0 Å². The van der Waals surface area contributed by atoms with Gasteiger partial charge in [-0.2, -0.15) is 0 Å². The number of hydrogen-bond acceptors (Lipinski definition) is 4.